The topological polar surface area (TPSA) is 26.5 Å². The Morgan fingerprint density at radius 3 is 2.58 bits per heavy atom. The number of aryl methyl sites for hydroxylation is 1. The van der Waals surface area contributed by atoms with Crippen molar-refractivity contribution in [3.8, 4) is 17.0 Å². The normalized spacial score (nSPS) is 10.9. The van der Waals surface area contributed by atoms with Gasteiger partial charge in [-0.15, -0.1) is 0 Å². The van der Waals surface area contributed by atoms with Gasteiger partial charge >= 0.3 is 0 Å². The summed E-state index contributed by atoms with van der Waals surface area (Å²) in [6.45, 7) is 2.08. The summed E-state index contributed by atoms with van der Waals surface area (Å²) in [6.07, 6.45) is 2.06. The van der Waals surface area contributed by atoms with E-state index in [-0.39, 0.29) is 0 Å². The molecule has 0 saturated heterocycles. The van der Waals surface area contributed by atoms with Crippen LogP contribution in [0.25, 0.3) is 16.9 Å². The first-order valence-corrected chi connectivity index (χ1v) is 7.05. The molecule has 0 atom stereocenters. The number of hydrogen-bond acceptors (Lipinski definition) is 2. The van der Waals surface area contributed by atoms with E-state index >= 15 is 0 Å². The van der Waals surface area contributed by atoms with E-state index in [0.29, 0.717) is 0 Å². The van der Waals surface area contributed by atoms with Crippen LogP contribution in [0.2, 0.25) is 0 Å². The number of nitrogens with zero attached hydrogens (tertiary/aromatic N) is 2. The van der Waals surface area contributed by atoms with Crippen LogP contribution in [0.3, 0.4) is 0 Å². The van der Waals surface area contributed by atoms with E-state index in [1.807, 2.05) is 24.3 Å². The third-order valence-electron chi connectivity index (χ3n) is 3.09. The van der Waals surface area contributed by atoms with Gasteiger partial charge in [-0.05, 0) is 71.5 Å². The zero-order chi connectivity index (χ0) is 13.4. The summed E-state index contributed by atoms with van der Waals surface area (Å²) < 4.78 is 8.41. The number of methoxy groups -OCH3 is 1. The summed E-state index contributed by atoms with van der Waals surface area (Å²) in [5, 5.41) is 0. The van der Waals surface area contributed by atoms with Crippen LogP contribution in [0.4, 0.5) is 0 Å². The number of ether oxygens (including phenoxy) is 1. The SMILES string of the molecule is COc1ccc(-c2nc3cc(C)ccn3c2I)cc1. The van der Waals surface area contributed by atoms with E-state index in [2.05, 4.69) is 52.2 Å². The van der Waals surface area contributed by atoms with Gasteiger partial charge in [0, 0.05) is 11.8 Å². The van der Waals surface area contributed by atoms with Gasteiger partial charge in [0.05, 0.1) is 7.11 Å². The minimum Gasteiger partial charge on any atom is -0.497 e. The third-order valence-corrected chi connectivity index (χ3v) is 4.12. The molecule has 0 bridgehead atoms. The predicted molar refractivity (Wildman–Crippen MR) is 84.6 cm³/mol. The van der Waals surface area contributed by atoms with Gasteiger partial charge in [-0.3, -0.25) is 4.40 Å². The van der Waals surface area contributed by atoms with Crippen molar-refractivity contribution >= 4 is 28.2 Å². The van der Waals surface area contributed by atoms with Crippen LogP contribution in [-0.2, 0) is 0 Å². The number of rotatable bonds is 2. The van der Waals surface area contributed by atoms with Gasteiger partial charge in [0.2, 0.25) is 0 Å². The summed E-state index contributed by atoms with van der Waals surface area (Å²) in [7, 11) is 1.67. The molecular formula is C15H13IN2O. The summed E-state index contributed by atoms with van der Waals surface area (Å²) in [5.74, 6) is 0.860. The largest absolute Gasteiger partial charge is 0.497 e. The first-order chi connectivity index (χ1) is 9.19. The van der Waals surface area contributed by atoms with Crippen molar-refractivity contribution < 1.29 is 4.74 Å². The maximum atomic E-state index is 5.18. The van der Waals surface area contributed by atoms with Crippen LogP contribution in [0.15, 0.2) is 42.6 Å². The van der Waals surface area contributed by atoms with Crippen LogP contribution in [-0.4, -0.2) is 16.5 Å². The van der Waals surface area contributed by atoms with E-state index in [9.17, 15) is 0 Å². The third kappa shape index (κ3) is 2.20. The highest BCUT2D eigenvalue weighted by Gasteiger charge is 2.11. The molecule has 1 aromatic carbocycles. The summed E-state index contributed by atoms with van der Waals surface area (Å²) in [5.41, 5.74) is 4.31. The molecular weight excluding hydrogens is 351 g/mol. The molecule has 19 heavy (non-hydrogen) atoms. The fourth-order valence-corrected chi connectivity index (χ4v) is 2.89. The van der Waals surface area contributed by atoms with Crippen molar-refractivity contribution in [2.24, 2.45) is 0 Å². The van der Waals surface area contributed by atoms with Crippen molar-refractivity contribution in [1.82, 2.24) is 9.38 Å². The average molecular weight is 364 g/mol. The minimum absolute atomic E-state index is 0.860. The lowest BCUT2D eigenvalue weighted by Gasteiger charge is -2.01. The Labute approximate surface area is 125 Å². The Morgan fingerprint density at radius 1 is 1.16 bits per heavy atom. The Kier molecular flexibility index (Phi) is 3.18. The van der Waals surface area contributed by atoms with Gasteiger partial charge in [-0.1, -0.05) is 0 Å². The Morgan fingerprint density at radius 2 is 1.89 bits per heavy atom. The number of pyridine rings is 1. The molecule has 96 valence electrons. The van der Waals surface area contributed by atoms with Crippen molar-refractivity contribution in [3.05, 3.63) is 51.9 Å². The smallest absolute Gasteiger partial charge is 0.138 e. The second-order valence-corrected chi connectivity index (χ2v) is 5.43. The highest BCUT2D eigenvalue weighted by molar-refractivity contribution is 14.1. The second-order valence-electron chi connectivity index (χ2n) is 4.41. The van der Waals surface area contributed by atoms with Crippen molar-refractivity contribution in [1.29, 1.82) is 0 Å². The fraction of sp³-hybridized carbons (Fsp3) is 0.133. The molecule has 0 spiro atoms. The average Bonchev–Trinajstić information content (AvgIpc) is 2.75. The number of fused-ring (bicyclic) bond motifs is 1. The maximum absolute atomic E-state index is 5.18. The molecule has 0 unspecified atom stereocenters. The lowest BCUT2D eigenvalue weighted by atomic mass is 10.2. The highest BCUT2D eigenvalue weighted by atomic mass is 127. The molecule has 0 amide bonds. The van der Waals surface area contributed by atoms with Crippen LogP contribution in [0.5, 0.6) is 5.75 Å². The first-order valence-electron chi connectivity index (χ1n) is 5.97. The molecule has 2 heterocycles. The van der Waals surface area contributed by atoms with Crippen molar-refractivity contribution in [3.63, 3.8) is 0 Å². The zero-order valence-electron chi connectivity index (χ0n) is 10.7. The number of imidazole rings is 1. The molecule has 0 saturated carbocycles. The first kappa shape index (κ1) is 12.5. The molecule has 4 heteroatoms. The van der Waals surface area contributed by atoms with E-state index in [1.54, 1.807) is 7.11 Å². The van der Waals surface area contributed by atoms with E-state index in [4.69, 9.17) is 9.72 Å². The van der Waals surface area contributed by atoms with Crippen molar-refractivity contribution in [2.75, 3.05) is 7.11 Å². The lowest BCUT2D eigenvalue weighted by molar-refractivity contribution is 0.415. The van der Waals surface area contributed by atoms with Gasteiger partial charge in [-0.25, -0.2) is 4.98 Å². The quantitative estimate of drug-likeness (QED) is 0.645. The Hall–Kier alpha value is -1.56. The predicted octanol–water partition coefficient (Wildman–Crippen LogP) is 3.92. The molecule has 0 aliphatic rings. The number of hydrogen-bond donors (Lipinski definition) is 0. The van der Waals surface area contributed by atoms with Crippen LogP contribution >= 0.6 is 22.6 Å². The molecule has 0 N–H and O–H groups in total. The molecule has 3 rings (SSSR count). The molecule has 3 nitrogen and oxygen atoms in total. The minimum atomic E-state index is 0.860. The number of halogens is 1. The van der Waals surface area contributed by atoms with E-state index < -0.39 is 0 Å². The lowest BCUT2D eigenvalue weighted by Crippen LogP contribution is -1.87. The maximum Gasteiger partial charge on any atom is 0.138 e. The Bertz CT molecular complexity index is 732. The molecule has 0 fully saturated rings. The monoisotopic (exact) mass is 364 g/mol. The van der Waals surface area contributed by atoms with Gasteiger partial charge < -0.3 is 4.74 Å². The fourth-order valence-electron chi connectivity index (χ4n) is 2.05. The standard InChI is InChI=1S/C15H13IN2O/c1-10-7-8-18-13(9-10)17-14(15(18)16)11-3-5-12(19-2)6-4-11/h3-9H,1-2H3. The molecule has 0 aliphatic heterocycles. The second kappa shape index (κ2) is 4.85. The molecule has 3 aromatic rings. The number of benzene rings is 1. The van der Waals surface area contributed by atoms with Crippen molar-refractivity contribution in [2.45, 2.75) is 6.92 Å². The van der Waals surface area contributed by atoms with Crippen LogP contribution in [0, 0.1) is 10.6 Å². The zero-order valence-corrected chi connectivity index (χ0v) is 12.9. The van der Waals surface area contributed by atoms with Gasteiger partial charge in [0.25, 0.3) is 0 Å². The molecule has 0 radical (unpaired) electrons. The van der Waals surface area contributed by atoms with Gasteiger partial charge in [0.15, 0.2) is 0 Å². The van der Waals surface area contributed by atoms with E-state index in [0.717, 1.165) is 26.4 Å². The Balaban J connectivity index is 2.15. The van der Waals surface area contributed by atoms with Gasteiger partial charge in [0.1, 0.15) is 20.8 Å². The summed E-state index contributed by atoms with van der Waals surface area (Å²) in [6, 6.07) is 12.2. The highest BCUT2D eigenvalue weighted by Crippen LogP contribution is 2.27. The van der Waals surface area contributed by atoms with Gasteiger partial charge in [-0.2, -0.15) is 0 Å². The molecule has 2 aromatic heterocycles. The van der Waals surface area contributed by atoms with Crippen LogP contribution < -0.4 is 4.74 Å². The summed E-state index contributed by atoms with van der Waals surface area (Å²) >= 11 is 2.34. The van der Waals surface area contributed by atoms with E-state index in [1.165, 1.54) is 5.56 Å². The number of aromatic nitrogens is 2. The van der Waals surface area contributed by atoms with Crippen LogP contribution in [0.1, 0.15) is 5.56 Å². The molecule has 0 aliphatic carbocycles. The summed E-state index contributed by atoms with van der Waals surface area (Å²) in [4.78, 5) is 4.71.